The van der Waals surface area contributed by atoms with Gasteiger partial charge in [0.25, 0.3) is 0 Å². The number of aryl methyl sites for hydroxylation is 1. The zero-order chi connectivity index (χ0) is 16.4. The van der Waals surface area contributed by atoms with Crippen molar-refractivity contribution < 1.29 is 14.3 Å². The lowest BCUT2D eigenvalue weighted by Crippen LogP contribution is -2.32. The lowest BCUT2D eigenvalue weighted by molar-refractivity contribution is -0.150. The quantitative estimate of drug-likeness (QED) is 0.678. The van der Waals surface area contributed by atoms with E-state index in [1.165, 1.54) is 7.11 Å². The van der Waals surface area contributed by atoms with Gasteiger partial charge >= 0.3 is 5.97 Å². The third-order valence-electron chi connectivity index (χ3n) is 4.08. The van der Waals surface area contributed by atoms with Crippen LogP contribution < -0.4 is 5.32 Å². The van der Waals surface area contributed by atoms with E-state index in [-0.39, 0.29) is 5.91 Å². The predicted octanol–water partition coefficient (Wildman–Crippen LogP) is 2.13. The molecule has 23 heavy (non-hydrogen) atoms. The number of benzene rings is 1. The van der Waals surface area contributed by atoms with E-state index in [9.17, 15) is 9.59 Å². The number of carbonyl (C=O) groups is 2. The maximum Gasteiger partial charge on any atom is 0.321 e. The summed E-state index contributed by atoms with van der Waals surface area (Å²) < 4.78 is 6.57. The smallest absolute Gasteiger partial charge is 0.321 e. The average molecular weight is 313 g/mol. The number of hydrogen-bond donors (Lipinski definition) is 1. The Kier molecular flexibility index (Phi) is 3.90. The molecule has 1 saturated carbocycles. The van der Waals surface area contributed by atoms with Crippen molar-refractivity contribution >= 4 is 17.6 Å². The van der Waals surface area contributed by atoms with Crippen molar-refractivity contribution in [2.75, 3.05) is 12.4 Å². The van der Waals surface area contributed by atoms with Crippen molar-refractivity contribution in [3.05, 3.63) is 47.8 Å². The standard InChI is InChI=1S/C17H19N3O3/c1-12-9-18-20(10-12)11-13-3-5-14(6-4-13)19-15(21)17(7-8-17)16(22)23-2/h3-6,9-10H,7-8,11H2,1-2H3,(H,19,21). The molecule has 0 saturated heterocycles. The highest BCUT2D eigenvalue weighted by Gasteiger charge is 2.57. The highest BCUT2D eigenvalue weighted by atomic mass is 16.5. The number of hydrogen-bond acceptors (Lipinski definition) is 4. The maximum atomic E-state index is 12.2. The van der Waals surface area contributed by atoms with Gasteiger partial charge in [-0.15, -0.1) is 0 Å². The summed E-state index contributed by atoms with van der Waals surface area (Å²) in [4.78, 5) is 23.9. The van der Waals surface area contributed by atoms with Crippen molar-refractivity contribution in [3.63, 3.8) is 0 Å². The highest BCUT2D eigenvalue weighted by Crippen LogP contribution is 2.47. The fourth-order valence-electron chi connectivity index (χ4n) is 2.53. The van der Waals surface area contributed by atoms with Crippen LogP contribution in [0.5, 0.6) is 0 Å². The first-order valence-corrected chi connectivity index (χ1v) is 7.51. The number of ether oxygens (including phenoxy) is 1. The molecule has 6 nitrogen and oxygen atoms in total. The molecule has 1 aromatic heterocycles. The molecule has 6 heteroatoms. The van der Waals surface area contributed by atoms with E-state index in [0.29, 0.717) is 25.1 Å². The van der Waals surface area contributed by atoms with Gasteiger partial charge in [0.2, 0.25) is 5.91 Å². The predicted molar refractivity (Wildman–Crippen MR) is 84.8 cm³/mol. The van der Waals surface area contributed by atoms with Crippen LogP contribution in [-0.4, -0.2) is 28.8 Å². The van der Waals surface area contributed by atoms with Crippen LogP contribution in [0.4, 0.5) is 5.69 Å². The van der Waals surface area contributed by atoms with Crippen molar-refractivity contribution in [3.8, 4) is 0 Å². The minimum absolute atomic E-state index is 0.292. The summed E-state index contributed by atoms with van der Waals surface area (Å²) in [7, 11) is 1.31. The molecule has 1 N–H and O–H groups in total. The molecule has 1 aliphatic carbocycles. The zero-order valence-corrected chi connectivity index (χ0v) is 13.2. The molecule has 1 aromatic carbocycles. The van der Waals surface area contributed by atoms with Crippen LogP contribution in [0.25, 0.3) is 0 Å². The van der Waals surface area contributed by atoms with Gasteiger partial charge in [-0.25, -0.2) is 0 Å². The first kappa shape index (κ1) is 15.3. The second-order valence-corrected chi connectivity index (χ2v) is 5.94. The lowest BCUT2D eigenvalue weighted by atomic mass is 10.1. The molecule has 1 aliphatic rings. The van der Waals surface area contributed by atoms with Gasteiger partial charge in [0.05, 0.1) is 19.9 Å². The molecule has 120 valence electrons. The lowest BCUT2D eigenvalue weighted by Gasteiger charge is -2.13. The fourth-order valence-corrected chi connectivity index (χ4v) is 2.53. The minimum Gasteiger partial charge on any atom is -0.468 e. The van der Waals surface area contributed by atoms with E-state index in [4.69, 9.17) is 4.74 Å². The number of anilines is 1. The summed E-state index contributed by atoms with van der Waals surface area (Å²) in [6, 6.07) is 7.53. The van der Waals surface area contributed by atoms with Crippen LogP contribution in [-0.2, 0) is 20.9 Å². The molecule has 2 aromatic rings. The highest BCUT2D eigenvalue weighted by molar-refractivity contribution is 6.11. The summed E-state index contributed by atoms with van der Waals surface area (Å²) in [5.41, 5.74) is 1.89. The van der Waals surface area contributed by atoms with Crippen LogP contribution in [0.3, 0.4) is 0 Å². The number of nitrogens with zero attached hydrogens (tertiary/aromatic N) is 2. The first-order chi connectivity index (χ1) is 11.0. The summed E-state index contributed by atoms with van der Waals surface area (Å²) >= 11 is 0. The van der Waals surface area contributed by atoms with E-state index in [2.05, 4.69) is 10.4 Å². The van der Waals surface area contributed by atoms with E-state index >= 15 is 0 Å². The third kappa shape index (κ3) is 3.11. The van der Waals surface area contributed by atoms with Gasteiger partial charge in [0.15, 0.2) is 0 Å². The van der Waals surface area contributed by atoms with E-state index < -0.39 is 11.4 Å². The largest absolute Gasteiger partial charge is 0.468 e. The molecule has 0 unspecified atom stereocenters. The summed E-state index contributed by atoms with van der Waals surface area (Å²) in [5, 5.41) is 7.04. The van der Waals surface area contributed by atoms with Gasteiger partial charge in [0, 0.05) is 11.9 Å². The van der Waals surface area contributed by atoms with Gasteiger partial charge in [-0.1, -0.05) is 12.1 Å². The Morgan fingerprint density at radius 2 is 2.00 bits per heavy atom. The monoisotopic (exact) mass is 313 g/mol. The Bertz CT molecular complexity index is 730. The van der Waals surface area contributed by atoms with Crippen LogP contribution >= 0.6 is 0 Å². The second-order valence-electron chi connectivity index (χ2n) is 5.94. The molecule has 0 atom stereocenters. The van der Waals surface area contributed by atoms with Crippen LogP contribution in [0.15, 0.2) is 36.7 Å². The maximum absolute atomic E-state index is 12.2. The average Bonchev–Trinajstić information content (AvgIpc) is 3.27. The molecule has 0 bridgehead atoms. The SMILES string of the molecule is COC(=O)C1(C(=O)Nc2ccc(Cn3cc(C)cn3)cc2)CC1. The number of esters is 1. The molecule has 1 amide bonds. The third-order valence-corrected chi connectivity index (χ3v) is 4.08. The molecule has 0 radical (unpaired) electrons. The summed E-state index contributed by atoms with van der Waals surface area (Å²) in [6.07, 6.45) is 4.88. The number of carbonyl (C=O) groups excluding carboxylic acids is 2. The van der Waals surface area contributed by atoms with Crippen LogP contribution in [0.2, 0.25) is 0 Å². The normalized spacial score (nSPS) is 15.0. The fraction of sp³-hybridized carbons (Fsp3) is 0.353. The number of methoxy groups -OCH3 is 1. The molecule has 1 heterocycles. The number of nitrogens with one attached hydrogen (secondary N) is 1. The Hall–Kier alpha value is -2.63. The Balaban J connectivity index is 1.64. The van der Waals surface area contributed by atoms with Crippen molar-refractivity contribution in [2.24, 2.45) is 5.41 Å². The van der Waals surface area contributed by atoms with Crippen molar-refractivity contribution in [1.29, 1.82) is 0 Å². The second kappa shape index (κ2) is 5.87. The number of rotatable bonds is 5. The van der Waals surface area contributed by atoms with Gasteiger partial charge in [-0.2, -0.15) is 5.10 Å². The first-order valence-electron chi connectivity index (χ1n) is 7.51. The topological polar surface area (TPSA) is 73.2 Å². The number of amides is 1. The molecular weight excluding hydrogens is 294 g/mol. The Morgan fingerprint density at radius 1 is 1.30 bits per heavy atom. The molecular formula is C17H19N3O3. The number of aromatic nitrogens is 2. The minimum atomic E-state index is -0.986. The van der Waals surface area contributed by atoms with Crippen LogP contribution in [0.1, 0.15) is 24.0 Å². The van der Waals surface area contributed by atoms with E-state index in [1.807, 2.05) is 48.3 Å². The van der Waals surface area contributed by atoms with Gasteiger partial charge in [0.1, 0.15) is 5.41 Å². The zero-order valence-electron chi connectivity index (χ0n) is 13.2. The molecule has 0 spiro atoms. The van der Waals surface area contributed by atoms with Crippen molar-refractivity contribution in [1.82, 2.24) is 9.78 Å². The summed E-state index contributed by atoms with van der Waals surface area (Å²) in [5.74, 6) is -0.750. The van der Waals surface area contributed by atoms with E-state index in [1.54, 1.807) is 0 Å². The molecule has 0 aliphatic heterocycles. The molecule has 1 fully saturated rings. The summed E-state index contributed by atoms with van der Waals surface area (Å²) in [6.45, 7) is 2.67. The van der Waals surface area contributed by atoms with Crippen LogP contribution in [0, 0.1) is 12.3 Å². The van der Waals surface area contributed by atoms with Gasteiger partial charge in [-0.3, -0.25) is 14.3 Å². The van der Waals surface area contributed by atoms with E-state index in [0.717, 1.165) is 11.1 Å². The van der Waals surface area contributed by atoms with Gasteiger partial charge in [-0.05, 0) is 43.0 Å². The Labute approximate surface area is 134 Å². The molecule has 3 rings (SSSR count). The van der Waals surface area contributed by atoms with Gasteiger partial charge < -0.3 is 10.1 Å². The Morgan fingerprint density at radius 3 is 2.52 bits per heavy atom. The van der Waals surface area contributed by atoms with Crippen molar-refractivity contribution in [2.45, 2.75) is 26.3 Å².